The van der Waals surface area contributed by atoms with Crippen LogP contribution in [0.2, 0.25) is 0 Å². The largest absolute Gasteiger partial charge is 0.389 e. The van der Waals surface area contributed by atoms with E-state index >= 15 is 0 Å². The number of benzene rings is 1. The van der Waals surface area contributed by atoms with Crippen molar-refractivity contribution >= 4 is 22.9 Å². The van der Waals surface area contributed by atoms with Gasteiger partial charge in [-0.2, -0.15) is 0 Å². The lowest BCUT2D eigenvalue weighted by Crippen LogP contribution is -2.15. The third kappa shape index (κ3) is 3.22. The lowest BCUT2D eigenvalue weighted by molar-refractivity contribution is 0.577. The van der Waals surface area contributed by atoms with Crippen molar-refractivity contribution in [1.82, 2.24) is 15.0 Å². The normalized spacial score (nSPS) is 10.4. The quantitative estimate of drug-likeness (QED) is 0.810. The molecule has 0 bridgehead atoms. The van der Waals surface area contributed by atoms with Crippen LogP contribution in [-0.2, 0) is 6.54 Å². The monoisotopic (exact) mass is 283 g/mol. The summed E-state index contributed by atoms with van der Waals surface area (Å²) in [7, 11) is 0. The predicted octanol–water partition coefficient (Wildman–Crippen LogP) is 1.30. The number of nitrogens with two attached hydrogens (primary N) is 1. The molecule has 3 N–H and O–H groups in total. The SMILES string of the molecule is NC(=S)c1cc(F)c(NCCn2ccnn2)c(F)c1. The molecule has 0 saturated heterocycles. The second kappa shape index (κ2) is 5.70. The number of hydrogen-bond acceptors (Lipinski definition) is 4. The minimum atomic E-state index is -0.735. The van der Waals surface area contributed by atoms with Crippen molar-refractivity contribution in [1.29, 1.82) is 0 Å². The Balaban J connectivity index is 2.06. The molecule has 2 aromatic rings. The molecular weight excluding hydrogens is 272 g/mol. The molecule has 0 saturated carbocycles. The molecular formula is C11H11F2N5S. The summed E-state index contributed by atoms with van der Waals surface area (Å²) in [5, 5.41) is 10.0. The number of anilines is 1. The maximum Gasteiger partial charge on any atom is 0.150 e. The summed E-state index contributed by atoms with van der Waals surface area (Å²) in [5.41, 5.74) is 5.28. The highest BCUT2D eigenvalue weighted by molar-refractivity contribution is 7.80. The van der Waals surface area contributed by atoms with Gasteiger partial charge in [0, 0.05) is 18.3 Å². The molecule has 0 radical (unpaired) electrons. The van der Waals surface area contributed by atoms with E-state index in [0.717, 1.165) is 12.1 Å². The summed E-state index contributed by atoms with van der Waals surface area (Å²) < 4.78 is 28.9. The highest BCUT2D eigenvalue weighted by Gasteiger charge is 2.11. The number of halogens is 2. The van der Waals surface area contributed by atoms with E-state index in [1.165, 1.54) is 6.20 Å². The van der Waals surface area contributed by atoms with Gasteiger partial charge in [-0.1, -0.05) is 17.4 Å². The van der Waals surface area contributed by atoms with E-state index in [4.69, 9.17) is 5.73 Å². The Bertz CT molecular complexity index is 562. The first-order chi connectivity index (χ1) is 9.08. The fourth-order valence-electron chi connectivity index (χ4n) is 1.53. The molecule has 2 rings (SSSR count). The number of rotatable bonds is 5. The molecule has 5 nitrogen and oxygen atoms in total. The molecule has 0 aliphatic heterocycles. The number of thiocarbonyl (C=S) groups is 1. The molecule has 0 fully saturated rings. The number of nitrogens with one attached hydrogen (secondary N) is 1. The van der Waals surface area contributed by atoms with Crippen LogP contribution in [0.1, 0.15) is 5.56 Å². The number of nitrogens with zero attached hydrogens (tertiary/aromatic N) is 3. The molecule has 1 aromatic heterocycles. The molecule has 0 aliphatic carbocycles. The van der Waals surface area contributed by atoms with E-state index in [2.05, 4.69) is 27.8 Å². The first-order valence-corrected chi connectivity index (χ1v) is 5.85. The van der Waals surface area contributed by atoms with E-state index in [0.29, 0.717) is 13.1 Å². The smallest absolute Gasteiger partial charge is 0.150 e. The Morgan fingerprint density at radius 3 is 2.58 bits per heavy atom. The van der Waals surface area contributed by atoms with Crippen LogP contribution in [0, 0.1) is 11.6 Å². The van der Waals surface area contributed by atoms with Crippen molar-refractivity contribution in [3.8, 4) is 0 Å². The van der Waals surface area contributed by atoms with Crippen LogP contribution in [0.3, 0.4) is 0 Å². The van der Waals surface area contributed by atoms with Gasteiger partial charge in [-0.05, 0) is 12.1 Å². The molecule has 1 heterocycles. The maximum atomic E-state index is 13.7. The van der Waals surface area contributed by atoms with Crippen molar-refractivity contribution < 1.29 is 8.78 Å². The van der Waals surface area contributed by atoms with Crippen molar-refractivity contribution in [2.45, 2.75) is 6.54 Å². The Kier molecular flexibility index (Phi) is 4.00. The summed E-state index contributed by atoms with van der Waals surface area (Å²) >= 11 is 4.67. The van der Waals surface area contributed by atoms with Gasteiger partial charge < -0.3 is 11.1 Å². The van der Waals surface area contributed by atoms with Gasteiger partial charge in [0.1, 0.15) is 22.3 Å². The van der Waals surface area contributed by atoms with Crippen molar-refractivity contribution in [2.75, 3.05) is 11.9 Å². The predicted molar refractivity (Wildman–Crippen MR) is 70.8 cm³/mol. The third-order valence-corrected chi connectivity index (χ3v) is 2.68. The van der Waals surface area contributed by atoms with E-state index in [1.807, 2.05) is 0 Å². The zero-order valence-electron chi connectivity index (χ0n) is 9.81. The van der Waals surface area contributed by atoms with Gasteiger partial charge >= 0.3 is 0 Å². The Morgan fingerprint density at radius 2 is 2.05 bits per heavy atom. The molecule has 0 aliphatic rings. The lowest BCUT2D eigenvalue weighted by atomic mass is 10.2. The summed E-state index contributed by atoms with van der Waals surface area (Å²) in [6.45, 7) is 0.750. The van der Waals surface area contributed by atoms with Gasteiger partial charge in [-0.25, -0.2) is 8.78 Å². The van der Waals surface area contributed by atoms with Crippen LogP contribution in [-0.4, -0.2) is 26.5 Å². The zero-order chi connectivity index (χ0) is 13.8. The first kappa shape index (κ1) is 13.3. The fraction of sp³-hybridized carbons (Fsp3) is 0.182. The van der Waals surface area contributed by atoms with Crippen LogP contribution < -0.4 is 11.1 Å². The van der Waals surface area contributed by atoms with E-state index < -0.39 is 11.6 Å². The molecule has 0 atom stereocenters. The standard InChI is InChI=1S/C11H11F2N5S/c12-8-5-7(11(14)19)6-9(13)10(8)15-1-3-18-4-2-16-17-18/h2,4-6,15H,1,3H2,(H2,14,19). The van der Waals surface area contributed by atoms with Crippen LogP contribution in [0.4, 0.5) is 14.5 Å². The van der Waals surface area contributed by atoms with Crippen molar-refractivity contribution in [3.05, 3.63) is 41.7 Å². The lowest BCUT2D eigenvalue weighted by Gasteiger charge is -2.10. The van der Waals surface area contributed by atoms with E-state index in [9.17, 15) is 8.78 Å². The van der Waals surface area contributed by atoms with Gasteiger partial charge in [0.15, 0.2) is 0 Å². The Hall–Kier alpha value is -2.09. The second-order valence-corrected chi connectivity index (χ2v) is 4.21. The average molecular weight is 283 g/mol. The van der Waals surface area contributed by atoms with Crippen LogP contribution in [0.5, 0.6) is 0 Å². The summed E-state index contributed by atoms with van der Waals surface area (Å²) in [6.07, 6.45) is 3.18. The molecule has 100 valence electrons. The minimum Gasteiger partial charge on any atom is -0.389 e. The second-order valence-electron chi connectivity index (χ2n) is 3.77. The van der Waals surface area contributed by atoms with Crippen LogP contribution in [0.15, 0.2) is 24.5 Å². The maximum absolute atomic E-state index is 13.7. The average Bonchev–Trinajstić information content (AvgIpc) is 2.85. The topological polar surface area (TPSA) is 68.8 Å². The van der Waals surface area contributed by atoms with Gasteiger partial charge in [-0.3, -0.25) is 4.68 Å². The molecule has 8 heteroatoms. The Labute approximate surface area is 113 Å². The fourth-order valence-corrected chi connectivity index (χ4v) is 1.65. The highest BCUT2D eigenvalue weighted by atomic mass is 32.1. The molecule has 1 aromatic carbocycles. The molecule has 19 heavy (non-hydrogen) atoms. The van der Waals surface area contributed by atoms with Gasteiger partial charge in [0.2, 0.25) is 0 Å². The minimum absolute atomic E-state index is 0.0491. The summed E-state index contributed by atoms with van der Waals surface area (Å²) in [5.74, 6) is -1.47. The van der Waals surface area contributed by atoms with Gasteiger partial charge in [0.05, 0.1) is 12.7 Å². The molecule has 0 amide bonds. The summed E-state index contributed by atoms with van der Waals surface area (Å²) in [6, 6.07) is 2.20. The van der Waals surface area contributed by atoms with Gasteiger partial charge in [-0.15, -0.1) is 5.10 Å². The van der Waals surface area contributed by atoms with Crippen LogP contribution in [0.25, 0.3) is 0 Å². The highest BCUT2D eigenvalue weighted by Crippen LogP contribution is 2.20. The third-order valence-electron chi connectivity index (χ3n) is 2.44. The van der Waals surface area contributed by atoms with E-state index in [1.54, 1.807) is 10.9 Å². The number of hydrogen-bond donors (Lipinski definition) is 2. The first-order valence-electron chi connectivity index (χ1n) is 5.44. The van der Waals surface area contributed by atoms with Crippen molar-refractivity contribution in [3.63, 3.8) is 0 Å². The van der Waals surface area contributed by atoms with E-state index in [-0.39, 0.29) is 16.2 Å². The Morgan fingerprint density at radius 1 is 1.37 bits per heavy atom. The summed E-state index contributed by atoms with van der Waals surface area (Å²) in [4.78, 5) is -0.0491. The van der Waals surface area contributed by atoms with Gasteiger partial charge in [0.25, 0.3) is 0 Å². The van der Waals surface area contributed by atoms with Crippen LogP contribution >= 0.6 is 12.2 Å². The molecule has 0 unspecified atom stereocenters. The molecule has 0 spiro atoms. The number of aromatic nitrogens is 3. The zero-order valence-corrected chi connectivity index (χ0v) is 10.6. The van der Waals surface area contributed by atoms with Crippen molar-refractivity contribution in [2.24, 2.45) is 5.73 Å².